The first-order valence-corrected chi connectivity index (χ1v) is 7.17. The summed E-state index contributed by atoms with van der Waals surface area (Å²) in [6.07, 6.45) is 1.46. The van der Waals surface area contributed by atoms with Crippen molar-refractivity contribution in [3.63, 3.8) is 0 Å². The van der Waals surface area contributed by atoms with E-state index in [0.717, 1.165) is 34.0 Å². The van der Waals surface area contributed by atoms with Gasteiger partial charge in [0.25, 0.3) is 0 Å². The molecule has 0 fully saturated rings. The minimum atomic E-state index is 0.243. The number of aromatic nitrogens is 1. The zero-order valence-corrected chi connectivity index (χ0v) is 11.8. The molecule has 1 aliphatic carbocycles. The molecule has 0 saturated heterocycles. The van der Waals surface area contributed by atoms with E-state index in [4.69, 9.17) is 4.74 Å². The molecule has 0 atom stereocenters. The monoisotopic (exact) mass is 273 g/mol. The van der Waals surface area contributed by atoms with Crippen LogP contribution in [0.4, 0.5) is 0 Å². The maximum atomic E-state index is 11.5. The fraction of sp³-hybridized carbons (Fsp3) is 0.333. The average molecular weight is 273 g/mol. The largest absolute Gasteiger partial charge is 0.486 e. The summed E-state index contributed by atoms with van der Waals surface area (Å²) in [7, 11) is 0. The van der Waals surface area contributed by atoms with Gasteiger partial charge in [-0.1, -0.05) is 0 Å². The molecule has 0 N–H and O–H groups in total. The van der Waals surface area contributed by atoms with Gasteiger partial charge in [0.05, 0.1) is 5.69 Å². The van der Waals surface area contributed by atoms with Gasteiger partial charge in [-0.15, -0.1) is 11.3 Å². The number of ether oxygens (including phenoxy) is 1. The molecule has 1 aromatic carbocycles. The van der Waals surface area contributed by atoms with Crippen molar-refractivity contribution in [2.45, 2.75) is 33.3 Å². The van der Waals surface area contributed by atoms with Crippen LogP contribution in [0.25, 0.3) is 0 Å². The molecule has 2 aromatic rings. The van der Waals surface area contributed by atoms with Crippen molar-refractivity contribution in [3.05, 3.63) is 44.9 Å². The van der Waals surface area contributed by atoms with E-state index in [9.17, 15) is 4.79 Å². The van der Waals surface area contributed by atoms with E-state index in [1.165, 1.54) is 4.88 Å². The SMILES string of the molecule is Cc1nc(COc2ccc3c(c2)CCC3=O)sc1C. The maximum Gasteiger partial charge on any atom is 0.163 e. The Morgan fingerprint density at radius 2 is 2.16 bits per heavy atom. The molecule has 0 amide bonds. The minimum absolute atomic E-state index is 0.243. The minimum Gasteiger partial charge on any atom is -0.486 e. The number of carbonyl (C=O) groups is 1. The standard InChI is InChI=1S/C15H15NO2S/c1-9-10(2)19-15(16-9)8-18-12-4-5-13-11(7-12)3-6-14(13)17/h4-5,7H,3,6,8H2,1-2H3. The number of hydrogen-bond acceptors (Lipinski definition) is 4. The Hall–Kier alpha value is -1.68. The Kier molecular flexibility index (Phi) is 3.11. The highest BCUT2D eigenvalue weighted by Crippen LogP contribution is 2.27. The number of carbonyl (C=O) groups excluding carboxylic acids is 1. The second-order valence-electron chi connectivity index (χ2n) is 4.78. The summed E-state index contributed by atoms with van der Waals surface area (Å²) >= 11 is 1.67. The molecule has 0 bridgehead atoms. The Bertz CT molecular complexity index is 626. The third-order valence-corrected chi connectivity index (χ3v) is 4.48. The van der Waals surface area contributed by atoms with Gasteiger partial charge in [-0.25, -0.2) is 4.98 Å². The predicted molar refractivity (Wildman–Crippen MR) is 75.0 cm³/mol. The van der Waals surface area contributed by atoms with Crippen LogP contribution in [0.1, 0.15) is 37.9 Å². The van der Waals surface area contributed by atoms with Crippen LogP contribution in [0, 0.1) is 13.8 Å². The molecule has 3 rings (SSSR count). The Morgan fingerprint density at radius 1 is 1.32 bits per heavy atom. The number of hydrogen-bond donors (Lipinski definition) is 0. The van der Waals surface area contributed by atoms with Gasteiger partial charge >= 0.3 is 0 Å². The Labute approximate surface area is 116 Å². The van der Waals surface area contributed by atoms with E-state index in [1.54, 1.807) is 11.3 Å². The summed E-state index contributed by atoms with van der Waals surface area (Å²) in [4.78, 5) is 17.2. The van der Waals surface area contributed by atoms with E-state index in [-0.39, 0.29) is 5.78 Å². The van der Waals surface area contributed by atoms with Crippen molar-refractivity contribution >= 4 is 17.1 Å². The summed E-state index contributed by atoms with van der Waals surface area (Å²) in [6.45, 7) is 4.57. The van der Waals surface area contributed by atoms with E-state index in [0.29, 0.717) is 13.0 Å². The predicted octanol–water partition coefficient (Wildman–Crippen LogP) is 3.47. The van der Waals surface area contributed by atoms with Crippen LogP contribution < -0.4 is 4.74 Å². The van der Waals surface area contributed by atoms with Gasteiger partial charge in [-0.05, 0) is 44.0 Å². The van der Waals surface area contributed by atoms with Crippen molar-refractivity contribution < 1.29 is 9.53 Å². The van der Waals surface area contributed by atoms with Crippen LogP contribution in [0.5, 0.6) is 5.75 Å². The topological polar surface area (TPSA) is 39.2 Å². The zero-order chi connectivity index (χ0) is 13.4. The number of aryl methyl sites for hydroxylation is 3. The van der Waals surface area contributed by atoms with Crippen molar-refractivity contribution in [1.82, 2.24) is 4.98 Å². The maximum absolute atomic E-state index is 11.5. The van der Waals surface area contributed by atoms with Crippen LogP contribution in [-0.4, -0.2) is 10.8 Å². The lowest BCUT2D eigenvalue weighted by molar-refractivity contribution is 0.0994. The molecule has 0 spiro atoms. The summed E-state index contributed by atoms with van der Waals surface area (Å²) in [6, 6.07) is 5.72. The molecular weight excluding hydrogens is 258 g/mol. The molecule has 1 aromatic heterocycles. The molecule has 98 valence electrons. The quantitative estimate of drug-likeness (QED) is 0.859. The number of rotatable bonds is 3. The molecule has 4 heteroatoms. The van der Waals surface area contributed by atoms with E-state index in [2.05, 4.69) is 11.9 Å². The van der Waals surface area contributed by atoms with Crippen molar-refractivity contribution in [2.75, 3.05) is 0 Å². The zero-order valence-electron chi connectivity index (χ0n) is 11.0. The van der Waals surface area contributed by atoms with Gasteiger partial charge in [-0.2, -0.15) is 0 Å². The number of thiazole rings is 1. The molecule has 19 heavy (non-hydrogen) atoms. The highest BCUT2D eigenvalue weighted by molar-refractivity contribution is 7.11. The lowest BCUT2D eigenvalue weighted by Gasteiger charge is -2.06. The average Bonchev–Trinajstić information content (AvgIpc) is 2.91. The summed E-state index contributed by atoms with van der Waals surface area (Å²) in [5.41, 5.74) is 3.03. The molecule has 3 nitrogen and oxygen atoms in total. The first-order valence-electron chi connectivity index (χ1n) is 6.35. The number of nitrogens with zero attached hydrogens (tertiary/aromatic N) is 1. The van der Waals surface area contributed by atoms with Gasteiger partial charge in [0.1, 0.15) is 17.4 Å². The molecule has 0 aliphatic heterocycles. The second-order valence-corrected chi connectivity index (χ2v) is 6.07. The third kappa shape index (κ3) is 2.40. The molecular formula is C15H15NO2S. The molecule has 0 unspecified atom stereocenters. The van der Waals surface area contributed by atoms with Crippen molar-refractivity contribution in [1.29, 1.82) is 0 Å². The van der Waals surface area contributed by atoms with Crippen LogP contribution in [0.2, 0.25) is 0 Å². The van der Waals surface area contributed by atoms with Gasteiger partial charge in [0, 0.05) is 16.9 Å². The smallest absolute Gasteiger partial charge is 0.163 e. The van der Waals surface area contributed by atoms with Gasteiger partial charge in [0.2, 0.25) is 0 Å². The third-order valence-electron chi connectivity index (χ3n) is 3.43. The summed E-state index contributed by atoms with van der Waals surface area (Å²) < 4.78 is 5.76. The molecule has 1 heterocycles. The first-order chi connectivity index (χ1) is 9.13. The molecule has 0 radical (unpaired) electrons. The normalized spacial score (nSPS) is 13.7. The van der Waals surface area contributed by atoms with Gasteiger partial charge < -0.3 is 4.74 Å². The number of benzene rings is 1. The van der Waals surface area contributed by atoms with E-state index in [1.807, 2.05) is 25.1 Å². The van der Waals surface area contributed by atoms with Crippen molar-refractivity contribution in [2.24, 2.45) is 0 Å². The number of fused-ring (bicyclic) bond motifs is 1. The van der Waals surface area contributed by atoms with Crippen LogP contribution in [-0.2, 0) is 13.0 Å². The van der Waals surface area contributed by atoms with E-state index < -0.39 is 0 Å². The van der Waals surface area contributed by atoms with Crippen LogP contribution >= 0.6 is 11.3 Å². The highest BCUT2D eigenvalue weighted by Gasteiger charge is 2.19. The lowest BCUT2D eigenvalue weighted by Crippen LogP contribution is -1.96. The van der Waals surface area contributed by atoms with Crippen LogP contribution in [0.3, 0.4) is 0 Å². The second kappa shape index (κ2) is 4.78. The fourth-order valence-corrected chi connectivity index (χ4v) is 3.11. The molecule has 1 aliphatic rings. The van der Waals surface area contributed by atoms with Crippen molar-refractivity contribution in [3.8, 4) is 5.75 Å². The summed E-state index contributed by atoms with van der Waals surface area (Å²) in [5, 5.41) is 0.992. The van der Waals surface area contributed by atoms with Gasteiger partial charge in [0.15, 0.2) is 5.78 Å². The van der Waals surface area contributed by atoms with Crippen LogP contribution in [0.15, 0.2) is 18.2 Å². The molecule has 0 saturated carbocycles. The number of Topliss-reactive ketones (excluding diaryl/α,β-unsaturated/α-hetero) is 1. The highest BCUT2D eigenvalue weighted by atomic mass is 32.1. The number of ketones is 1. The Balaban J connectivity index is 1.72. The van der Waals surface area contributed by atoms with Gasteiger partial charge in [-0.3, -0.25) is 4.79 Å². The van der Waals surface area contributed by atoms with E-state index >= 15 is 0 Å². The first kappa shape index (κ1) is 12.4. The fourth-order valence-electron chi connectivity index (χ4n) is 2.27. The lowest BCUT2D eigenvalue weighted by atomic mass is 10.1. The summed E-state index contributed by atoms with van der Waals surface area (Å²) in [5.74, 6) is 1.06. The Morgan fingerprint density at radius 3 is 2.89 bits per heavy atom.